The molecule has 0 amide bonds. The molecule has 4 aromatic rings. The van der Waals surface area contributed by atoms with Crippen molar-refractivity contribution in [3.63, 3.8) is 0 Å². The van der Waals surface area contributed by atoms with Crippen LogP contribution in [0.4, 0.5) is 4.39 Å². The minimum Gasteiger partial charge on any atom is -0.493 e. The van der Waals surface area contributed by atoms with Crippen LogP contribution < -0.4 is 4.74 Å². The summed E-state index contributed by atoms with van der Waals surface area (Å²) in [5, 5.41) is 18.3. The van der Waals surface area contributed by atoms with E-state index in [-0.39, 0.29) is 12.2 Å². The number of hydrogen-bond acceptors (Lipinski definition) is 5. The first-order valence-electron chi connectivity index (χ1n) is 15.7. The van der Waals surface area contributed by atoms with E-state index in [1.807, 2.05) is 38.1 Å². The van der Waals surface area contributed by atoms with E-state index in [0.29, 0.717) is 6.54 Å². The molecule has 0 bridgehead atoms. The summed E-state index contributed by atoms with van der Waals surface area (Å²) in [5.41, 5.74) is 10.2. The number of halogens is 1. The molecule has 2 aliphatic rings. The Morgan fingerprint density at radius 3 is 2.36 bits per heavy atom. The van der Waals surface area contributed by atoms with Crippen LogP contribution in [0, 0.1) is 19.7 Å². The van der Waals surface area contributed by atoms with Crippen LogP contribution in [0.15, 0.2) is 60.7 Å². The van der Waals surface area contributed by atoms with Crippen molar-refractivity contribution in [2.75, 3.05) is 13.2 Å². The Balaban J connectivity index is 0.000000743. The SMILES string of the molecule is CC(C)(C)O.Cc1nc(C)c(-c2ccc3c(c2)CCN(Cc2ccccc2F)C3)c(-c2ccc3c(c2)CCCO3)c1CC(=O)O. The first-order chi connectivity index (χ1) is 21.4. The van der Waals surface area contributed by atoms with Crippen LogP contribution in [0.3, 0.4) is 0 Å². The fourth-order valence-electron chi connectivity index (χ4n) is 6.21. The van der Waals surface area contributed by atoms with Crippen LogP contribution in [0.25, 0.3) is 22.3 Å². The van der Waals surface area contributed by atoms with Crippen LogP contribution in [-0.4, -0.2) is 44.8 Å². The van der Waals surface area contributed by atoms with Crippen LogP contribution in [-0.2, 0) is 37.1 Å². The molecule has 2 N–H and O–H groups in total. The summed E-state index contributed by atoms with van der Waals surface area (Å²) in [6.07, 6.45) is 2.69. The summed E-state index contributed by atoms with van der Waals surface area (Å²) in [4.78, 5) is 19.1. The summed E-state index contributed by atoms with van der Waals surface area (Å²) < 4.78 is 20.1. The van der Waals surface area contributed by atoms with Gasteiger partial charge in [0.15, 0.2) is 0 Å². The Kier molecular flexibility index (Phi) is 9.70. The van der Waals surface area contributed by atoms with Crippen molar-refractivity contribution in [2.45, 2.75) is 79.0 Å². The molecular weight excluding hydrogens is 567 g/mol. The van der Waals surface area contributed by atoms with Crippen LogP contribution in [0.5, 0.6) is 5.75 Å². The Bertz CT molecular complexity index is 1700. The highest BCUT2D eigenvalue weighted by Crippen LogP contribution is 2.41. The van der Waals surface area contributed by atoms with Crippen molar-refractivity contribution in [3.8, 4) is 28.0 Å². The number of aliphatic carboxylic acids is 1. The molecule has 3 aromatic carbocycles. The number of rotatable bonds is 6. The van der Waals surface area contributed by atoms with E-state index in [0.717, 1.165) is 95.0 Å². The van der Waals surface area contributed by atoms with Gasteiger partial charge in [0.1, 0.15) is 11.6 Å². The van der Waals surface area contributed by atoms with Crippen molar-refractivity contribution in [3.05, 3.63) is 106 Å². The summed E-state index contributed by atoms with van der Waals surface area (Å²) in [7, 11) is 0. The van der Waals surface area contributed by atoms with Gasteiger partial charge < -0.3 is 14.9 Å². The Morgan fingerprint density at radius 1 is 0.933 bits per heavy atom. The first-order valence-corrected chi connectivity index (χ1v) is 15.7. The molecule has 0 radical (unpaired) electrons. The van der Waals surface area contributed by atoms with Gasteiger partial charge in [-0.25, -0.2) is 4.39 Å². The zero-order valence-corrected chi connectivity index (χ0v) is 26.9. The molecule has 0 fully saturated rings. The van der Waals surface area contributed by atoms with Gasteiger partial charge in [-0.3, -0.25) is 14.7 Å². The van der Waals surface area contributed by atoms with Gasteiger partial charge >= 0.3 is 5.97 Å². The number of carbonyl (C=O) groups is 1. The molecule has 0 saturated heterocycles. The van der Waals surface area contributed by atoms with E-state index in [1.54, 1.807) is 26.8 Å². The molecule has 0 saturated carbocycles. The smallest absolute Gasteiger partial charge is 0.307 e. The maximum absolute atomic E-state index is 14.3. The third kappa shape index (κ3) is 7.96. The van der Waals surface area contributed by atoms with Gasteiger partial charge in [-0.05, 0) is 111 Å². The molecular formula is C38H43FN2O4. The normalized spacial score (nSPS) is 14.5. The lowest BCUT2D eigenvalue weighted by molar-refractivity contribution is -0.136. The summed E-state index contributed by atoms with van der Waals surface area (Å²) in [6.45, 7) is 12.0. The predicted octanol–water partition coefficient (Wildman–Crippen LogP) is 7.46. The molecule has 0 spiro atoms. The van der Waals surface area contributed by atoms with Crippen LogP contribution in [0.2, 0.25) is 0 Å². The number of pyridine rings is 1. The van der Waals surface area contributed by atoms with Gasteiger partial charge in [0, 0.05) is 42.1 Å². The Hall–Kier alpha value is -4.07. The van der Waals surface area contributed by atoms with Gasteiger partial charge in [-0.15, -0.1) is 0 Å². The van der Waals surface area contributed by atoms with Gasteiger partial charge in [0.25, 0.3) is 0 Å². The second-order valence-electron chi connectivity index (χ2n) is 13.1. The van der Waals surface area contributed by atoms with Gasteiger partial charge in [-0.2, -0.15) is 0 Å². The van der Waals surface area contributed by atoms with Crippen LogP contribution in [0.1, 0.15) is 66.4 Å². The predicted molar refractivity (Wildman–Crippen MR) is 176 cm³/mol. The number of hydrogen-bond donors (Lipinski definition) is 2. The third-order valence-electron chi connectivity index (χ3n) is 8.15. The standard InChI is InChI=1S/C34H33FN2O3.C4H10O/c1-21-29(18-32(38)39)34(26-11-12-31-24(17-26)7-5-15-40-31)33(22(2)36-21)25-9-10-27-19-37(14-13-23(27)16-25)20-28-6-3-4-8-30(28)35;1-4(2,3)5/h3-4,6,8-12,16-17H,5,7,13-15,18-20H2,1-2H3,(H,38,39);5H,1-3H3. The zero-order valence-electron chi connectivity index (χ0n) is 26.9. The van der Waals surface area contributed by atoms with Crippen molar-refractivity contribution in [1.29, 1.82) is 0 Å². The third-order valence-corrected chi connectivity index (χ3v) is 8.15. The maximum Gasteiger partial charge on any atom is 0.307 e. The summed E-state index contributed by atoms with van der Waals surface area (Å²) >= 11 is 0. The molecule has 7 heteroatoms. The zero-order chi connectivity index (χ0) is 32.3. The quantitative estimate of drug-likeness (QED) is 0.236. The van der Waals surface area contributed by atoms with Crippen molar-refractivity contribution in [2.24, 2.45) is 0 Å². The highest BCUT2D eigenvalue weighted by Gasteiger charge is 2.24. The van der Waals surface area contributed by atoms with Crippen molar-refractivity contribution >= 4 is 5.97 Å². The minimum atomic E-state index is -0.873. The fourth-order valence-corrected chi connectivity index (χ4v) is 6.21. The molecule has 3 heterocycles. The number of benzene rings is 3. The minimum absolute atomic E-state index is 0.0923. The number of ether oxygens (including phenoxy) is 1. The van der Waals surface area contributed by atoms with E-state index in [4.69, 9.17) is 14.8 Å². The lowest BCUT2D eigenvalue weighted by Gasteiger charge is -2.29. The van der Waals surface area contributed by atoms with E-state index in [1.165, 1.54) is 17.2 Å². The average Bonchev–Trinajstić information content (AvgIpc) is 2.98. The molecule has 6 nitrogen and oxygen atoms in total. The Morgan fingerprint density at radius 2 is 1.62 bits per heavy atom. The van der Waals surface area contributed by atoms with Crippen molar-refractivity contribution in [1.82, 2.24) is 9.88 Å². The van der Waals surface area contributed by atoms with Gasteiger partial charge in [0.05, 0.1) is 18.6 Å². The van der Waals surface area contributed by atoms with E-state index >= 15 is 0 Å². The first kappa shape index (κ1) is 32.3. The number of aliphatic hydroxyl groups is 1. The second kappa shape index (κ2) is 13.5. The number of nitrogens with zero attached hydrogens (tertiary/aromatic N) is 2. The molecule has 6 rings (SSSR count). The number of carboxylic acid groups (broad SMARTS) is 1. The van der Waals surface area contributed by atoms with Gasteiger partial charge in [-0.1, -0.05) is 42.5 Å². The molecule has 2 aliphatic heterocycles. The van der Waals surface area contributed by atoms with Crippen molar-refractivity contribution < 1.29 is 24.1 Å². The largest absolute Gasteiger partial charge is 0.493 e. The highest BCUT2D eigenvalue weighted by atomic mass is 19.1. The lowest BCUT2D eigenvalue weighted by atomic mass is 9.85. The molecule has 0 aliphatic carbocycles. The summed E-state index contributed by atoms with van der Waals surface area (Å²) in [6, 6.07) is 19.7. The number of aryl methyl sites for hydroxylation is 3. The Labute approximate surface area is 265 Å². The van der Waals surface area contributed by atoms with E-state index in [2.05, 4.69) is 29.2 Å². The maximum atomic E-state index is 14.3. The number of aromatic nitrogens is 1. The summed E-state index contributed by atoms with van der Waals surface area (Å²) in [5.74, 6) is -0.125. The van der Waals surface area contributed by atoms with E-state index < -0.39 is 11.6 Å². The lowest BCUT2D eigenvalue weighted by Crippen LogP contribution is -2.30. The molecule has 236 valence electrons. The highest BCUT2D eigenvalue weighted by molar-refractivity contribution is 5.90. The second-order valence-corrected chi connectivity index (χ2v) is 13.1. The molecule has 0 unspecified atom stereocenters. The monoisotopic (exact) mass is 610 g/mol. The topological polar surface area (TPSA) is 82.9 Å². The molecule has 45 heavy (non-hydrogen) atoms. The fraction of sp³-hybridized carbons (Fsp3) is 0.368. The van der Waals surface area contributed by atoms with Gasteiger partial charge in [0.2, 0.25) is 0 Å². The van der Waals surface area contributed by atoms with E-state index in [9.17, 15) is 14.3 Å². The number of fused-ring (bicyclic) bond motifs is 2. The molecule has 0 atom stereocenters. The van der Waals surface area contributed by atoms with Crippen LogP contribution >= 0.6 is 0 Å². The average molecular weight is 611 g/mol. The molecule has 1 aromatic heterocycles. The number of carboxylic acids is 1.